The molecule has 3 saturated carbocycles. The lowest BCUT2D eigenvalue weighted by atomic mass is 9.47. The molecule has 0 radical (unpaired) electrons. The van der Waals surface area contributed by atoms with Crippen molar-refractivity contribution in [1.82, 2.24) is 0 Å². The van der Waals surface area contributed by atoms with E-state index in [2.05, 4.69) is 51.1 Å². The number of carbonyl (C=O) groups excluding carboxylic acids is 1. The predicted molar refractivity (Wildman–Crippen MR) is 126 cm³/mol. The van der Waals surface area contributed by atoms with Crippen LogP contribution in [-0.4, -0.2) is 17.0 Å². The van der Waals surface area contributed by atoms with Gasteiger partial charge in [-0.05, 0) is 98.5 Å². The van der Waals surface area contributed by atoms with Crippen molar-refractivity contribution in [3.63, 3.8) is 0 Å². The first-order chi connectivity index (χ1) is 14.8. The van der Waals surface area contributed by atoms with Crippen LogP contribution in [0.3, 0.4) is 0 Å². The smallest absolute Gasteiger partial charge is 0.159 e. The highest BCUT2D eigenvalue weighted by atomic mass is 16.3. The highest BCUT2D eigenvalue weighted by Gasteiger charge is 2.59. The standard InChI is InChI=1S/C29H38O2/c1-19-5-4-6-20(17-19)7-12-27(31)26-11-10-24-23-9-8-21-18-22(30)13-15-28(21,2)25(23)14-16-29(24,26)3/h4-8,12,17,22-26,30H,9-11,13-16,18H2,1-3H3/b12-7+/t22?,23-,24-,25-,26?,28-,29-/m0/s1. The van der Waals surface area contributed by atoms with E-state index in [0.29, 0.717) is 17.6 Å². The van der Waals surface area contributed by atoms with E-state index < -0.39 is 0 Å². The molecule has 1 aromatic rings. The van der Waals surface area contributed by atoms with Gasteiger partial charge in [0.2, 0.25) is 0 Å². The molecule has 0 aliphatic heterocycles. The molecule has 7 atom stereocenters. The van der Waals surface area contributed by atoms with Crippen molar-refractivity contribution in [1.29, 1.82) is 0 Å². The molecule has 166 valence electrons. The van der Waals surface area contributed by atoms with E-state index in [1.165, 1.54) is 30.4 Å². The summed E-state index contributed by atoms with van der Waals surface area (Å²) in [7, 11) is 0. The molecule has 5 rings (SSSR count). The Bertz CT molecular complexity index is 926. The number of hydrogen-bond donors (Lipinski definition) is 1. The summed E-state index contributed by atoms with van der Waals surface area (Å²) < 4.78 is 0. The van der Waals surface area contributed by atoms with Crippen LogP contribution in [0, 0.1) is 41.4 Å². The Kier molecular flexibility index (Phi) is 5.28. The second-order valence-electron chi connectivity index (χ2n) is 11.5. The van der Waals surface area contributed by atoms with E-state index in [-0.39, 0.29) is 22.9 Å². The molecule has 1 aromatic carbocycles. The zero-order chi connectivity index (χ0) is 21.8. The van der Waals surface area contributed by atoms with Crippen LogP contribution in [0.15, 0.2) is 42.0 Å². The average Bonchev–Trinajstić information content (AvgIpc) is 3.10. The van der Waals surface area contributed by atoms with Crippen molar-refractivity contribution >= 4 is 11.9 Å². The maximum Gasteiger partial charge on any atom is 0.159 e. The van der Waals surface area contributed by atoms with Crippen LogP contribution >= 0.6 is 0 Å². The second kappa shape index (κ2) is 7.73. The highest BCUT2D eigenvalue weighted by molar-refractivity contribution is 5.96. The van der Waals surface area contributed by atoms with Crippen LogP contribution in [0.4, 0.5) is 0 Å². The molecule has 0 aromatic heterocycles. The molecule has 0 spiro atoms. The van der Waals surface area contributed by atoms with Crippen LogP contribution in [0.25, 0.3) is 6.08 Å². The van der Waals surface area contributed by atoms with E-state index >= 15 is 0 Å². The Hall–Kier alpha value is -1.67. The van der Waals surface area contributed by atoms with Crippen molar-refractivity contribution < 1.29 is 9.90 Å². The minimum atomic E-state index is -0.140. The lowest BCUT2D eigenvalue weighted by Gasteiger charge is -2.57. The summed E-state index contributed by atoms with van der Waals surface area (Å²) in [5, 5.41) is 10.2. The largest absolute Gasteiger partial charge is 0.393 e. The van der Waals surface area contributed by atoms with Gasteiger partial charge in [-0.3, -0.25) is 4.79 Å². The molecule has 31 heavy (non-hydrogen) atoms. The van der Waals surface area contributed by atoms with Gasteiger partial charge in [-0.15, -0.1) is 0 Å². The fourth-order valence-electron chi connectivity index (χ4n) is 8.18. The Morgan fingerprint density at radius 3 is 2.74 bits per heavy atom. The van der Waals surface area contributed by atoms with E-state index in [9.17, 15) is 9.90 Å². The monoisotopic (exact) mass is 418 g/mol. The predicted octanol–water partition coefficient (Wildman–Crippen LogP) is 6.52. The summed E-state index contributed by atoms with van der Waals surface area (Å²) in [6, 6.07) is 8.37. The van der Waals surface area contributed by atoms with Crippen molar-refractivity contribution in [3.05, 3.63) is 53.1 Å². The van der Waals surface area contributed by atoms with Gasteiger partial charge in [0, 0.05) is 5.92 Å². The number of ketones is 1. The van der Waals surface area contributed by atoms with Crippen LogP contribution in [0.1, 0.15) is 76.3 Å². The molecule has 2 unspecified atom stereocenters. The number of hydrogen-bond acceptors (Lipinski definition) is 2. The van der Waals surface area contributed by atoms with Crippen LogP contribution < -0.4 is 0 Å². The second-order valence-corrected chi connectivity index (χ2v) is 11.5. The van der Waals surface area contributed by atoms with Gasteiger partial charge < -0.3 is 5.11 Å². The number of benzene rings is 1. The fourth-order valence-corrected chi connectivity index (χ4v) is 8.18. The molecule has 4 aliphatic carbocycles. The summed E-state index contributed by atoms with van der Waals surface area (Å²) in [5.41, 5.74) is 4.30. The molecular formula is C29H38O2. The maximum absolute atomic E-state index is 13.3. The van der Waals surface area contributed by atoms with Gasteiger partial charge in [0.25, 0.3) is 0 Å². The van der Waals surface area contributed by atoms with Gasteiger partial charge in [-0.1, -0.05) is 61.4 Å². The van der Waals surface area contributed by atoms with E-state index in [1.807, 2.05) is 12.2 Å². The minimum absolute atomic E-state index is 0.140. The minimum Gasteiger partial charge on any atom is -0.393 e. The molecule has 3 fully saturated rings. The molecule has 0 amide bonds. The van der Waals surface area contributed by atoms with Crippen molar-refractivity contribution in [2.75, 3.05) is 0 Å². The van der Waals surface area contributed by atoms with Gasteiger partial charge in [0.05, 0.1) is 6.10 Å². The Labute approximate surface area is 187 Å². The normalized spacial score (nSPS) is 41.9. The molecular weight excluding hydrogens is 380 g/mol. The lowest BCUT2D eigenvalue weighted by Crippen LogP contribution is -2.50. The Morgan fingerprint density at radius 1 is 1.10 bits per heavy atom. The topological polar surface area (TPSA) is 37.3 Å². The molecule has 0 heterocycles. The SMILES string of the molecule is Cc1cccc(/C=C/C(=O)C2CC[C@H]3[C@@H]4CC=C5CC(O)CC[C@]5(C)[C@H]4CC[C@]23C)c1. The highest BCUT2D eigenvalue weighted by Crippen LogP contribution is 2.66. The molecule has 4 aliphatic rings. The van der Waals surface area contributed by atoms with Gasteiger partial charge in [0.1, 0.15) is 0 Å². The molecule has 1 N–H and O–H groups in total. The molecule has 2 nitrogen and oxygen atoms in total. The third-order valence-corrected chi connectivity index (χ3v) is 9.90. The third kappa shape index (κ3) is 3.46. The number of rotatable bonds is 3. The molecule has 0 saturated heterocycles. The van der Waals surface area contributed by atoms with Crippen molar-refractivity contribution in [2.45, 2.75) is 78.2 Å². The first-order valence-electron chi connectivity index (χ1n) is 12.5. The Balaban J connectivity index is 1.36. The third-order valence-electron chi connectivity index (χ3n) is 9.90. The summed E-state index contributed by atoms with van der Waals surface area (Å²) in [5.74, 6) is 2.61. The first kappa shape index (κ1) is 21.2. The number of aliphatic hydroxyl groups excluding tert-OH is 1. The Morgan fingerprint density at radius 2 is 1.94 bits per heavy atom. The first-order valence-corrected chi connectivity index (χ1v) is 12.5. The summed E-state index contributed by atoms with van der Waals surface area (Å²) >= 11 is 0. The summed E-state index contributed by atoms with van der Waals surface area (Å²) in [4.78, 5) is 13.3. The number of aliphatic hydroxyl groups is 1. The van der Waals surface area contributed by atoms with Crippen LogP contribution in [0.2, 0.25) is 0 Å². The zero-order valence-electron chi connectivity index (χ0n) is 19.4. The fraction of sp³-hybridized carbons (Fsp3) is 0.621. The number of aryl methyl sites for hydroxylation is 1. The van der Waals surface area contributed by atoms with Crippen molar-refractivity contribution in [2.24, 2.45) is 34.5 Å². The van der Waals surface area contributed by atoms with Crippen LogP contribution in [-0.2, 0) is 4.79 Å². The van der Waals surface area contributed by atoms with Crippen molar-refractivity contribution in [3.8, 4) is 0 Å². The van der Waals surface area contributed by atoms with E-state index in [0.717, 1.165) is 43.6 Å². The van der Waals surface area contributed by atoms with E-state index in [1.54, 1.807) is 0 Å². The lowest BCUT2D eigenvalue weighted by molar-refractivity contribution is -0.124. The number of carbonyl (C=O) groups is 1. The molecule has 0 bridgehead atoms. The number of fused-ring (bicyclic) bond motifs is 5. The summed E-state index contributed by atoms with van der Waals surface area (Å²) in [6.45, 7) is 7.00. The van der Waals surface area contributed by atoms with Gasteiger partial charge in [-0.25, -0.2) is 0 Å². The van der Waals surface area contributed by atoms with Gasteiger partial charge in [-0.2, -0.15) is 0 Å². The average molecular weight is 419 g/mol. The molecule has 2 heteroatoms. The van der Waals surface area contributed by atoms with Crippen LogP contribution in [0.5, 0.6) is 0 Å². The summed E-state index contributed by atoms with van der Waals surface area (Å²) in [6.07, 6.45) is 15.0. The number of allylic oxidation sites excluding steroid dienone is 2. The van der Waals surface area contributed by atoms with Gasteiger partial charge in [0.15, 0.2) is 5.78 Å². The zero-order valence-corrected chi connectivity index (χ0v) is 19.4. The maximum atomic E-state index is 13.3. The van der Waals surface area contributed by atoms with Gasteiger partial charge >= 0.3 is 0 Å². The van der Waals surface area contributed by atoms with E-state index in [4.69, 9.17) is 0 Å². The quantitative estimate of drug-likeness (QED) is 0.448.